The van der Waals surface area contributed by atoms with Gasteiger partial charge in [-0.05, 0) is 6.42 Å². The van der Waals surface area contributed by atoms with Gasteiger partial charge in [0.05, 0.1) is 6.61 Å². The summed E-state index contributed by atoms with van der Waals surface area (Å²) in [6.45, 7) is 8.87. The third-order valence-electron chi connectivity index (χ3n) is 3.25. The Morgan fingerprint density at radius 2 is 1.94 bits per heavy atom. The summed E-state index contributed by atoms with van der Waals surface area (Å²) in [6, 6.07) is 0. The molecule has 0 aromatic heterocycles. The topological polar surface area (TPSA) is 29.5 Å². The van der Waals surface area contributed by atoms with Gasteiger partial charge in [0.15, 0.2) is 7.29 Å². The lowest BCUT2D eigenvalue weighted by Crippen LogP contribution is -2.27. The van der Waals surface area contributed by atoms with Crippen LogP contribution >= 0.6 is 7.29 Å². The number of nitrogens with zero attached hydrogens (tertiary/aromatic N) is 1. The van der Waals surface area contributed by atoms with Gasteiger partial charge in [0.2, 0.25) is 0 Å². The monoisotopic (exact) mass is 251 g/mol. The highest BCUT2D eigenvalue weighted by atomic mass is 31.2. The summed E-state index contributed by atoms with van der Waals surface area (Å²) in [5, 5.41) is 0. The molecule has 0 amide bonds. The zero-order chi connectivity index (χ0) is 12.3. The van der Waals surface area contributed by atoms with E-state index in [2.05, 4.69) is 0 Å². The van der Waals surface area contributed by atoms with Crippen molar-refractivity contribution in [2.24, 2.45) is 5.92 Å². The first-order valence-corrected chi connectivity index (χ1v) is 7.79. The molecule has 3 nitrogen and oxygen atoms in total. The number of halogens is 1. The number of hydrogen-bond acceptors (Lipinski definition) is 2. The molecule has 0 saturated carbocycles. The first kappa shape index (κ1) is 14.1. The van der Waals surface area contributed by atoms with Gasteiger partial charge in [-0.2, -0.15) is 0 Å². The molecule has 1 atom stereocenters. The quantitative estimate of drug-likeness (QED) is 0.554. The molecule has 16 heavy (non-hydrogen) atoms. The molecule has 96 valence electrons. The lowest BCUT2D eigenvalue weighted by molar-refractivity contribution is 0.100. The Kier molecular flexibility index (Phi) is 4.96. The third kappa shape index (κ3) is 2.85. The lowest BCUT2D eigenvalue weighted by atomic mass is 10.1. The second-order valence-electron chi connectivity index (χ2n) is 5.11. The van der Waals surface area contributed by atoms with Gasteiger partial charge in [0, 0.05) is 30.4 Å². The fourth-order valence-electron chi connectivity index (χ4n) is 2.17. The molecule has 0 aliphatic carbocycles. The Bertz CT molecular complexity index is 253. The molecular weight excluding hydrogens is 228 g/mol. The molecule has 0 aromatic carbocycles. The maximum absolute atomic E-state index is 14.1. The van der Waals surface area contributed by atoms with Gasteiger partial charge in [-0.3, -0.25) is 0 Å². The van der Waals surface area contributed by atoms with Gasteiger partial charge in [0.25, 0.3) is 0 Å². The van der Waals surface area contributed by atoms with Crippen molar-refractivity contribution in [2.75, 3.05) is 19.8 Å². The molecule has 1 saturated heterocycles. The molecule has 0 bridgehead atoms. The summed E-state index contributed by atoms with van der Waals surface area (Å²) in [5.41, 5.74) is -0.278. The molecular formula is C11H23FNO2P. The SMILES string of the molecule is CC(C)P(=O)(C(C)C)N(F)CC1CCOC1. The van der Waals surface area contributed by atoms with Gasteiger partial charge in [-0.1, -0.05) is 32.6 Å². The largest absolute Gasteiger partial charge is 0.381 e. The van der Waals surface area contributed by atoms with E-state index in [-0.39, 0.29) is 23.8 Å². The fourth-order valence-corrected chi connectivity index (χ4v) is 4.85. The standard InChI is InChI=1S/C11H23FNO2P/c1-9(2)16(14,10(3)4)13(12)7-11-5-6-15-8-11/h9-11H,5-8H2,1-4H3. The van der Waals surface area contributed by atoms with Crippen LogP contribution in [0, 0.1) is 5.92 Å². The second kappa shape index (κ2) is 5.61. The minimum Gasteiger partial charge on any atom is -0.381 e. The van der Waals surface area contributed by atoms with E-state index in [0.717, 1.165) is 6.42 Å². The average Bonchev–Trinajstić information content (AvgIpc) is 2.68. The molecule has 5 heteroatoms. The molecule has 0 aromatic rings. The maximum atomic E-state index is 14.1. The second-order valence-corrected chi connectivity index (χ2v) is 8.95. The predicted molar refractivity (Wildman–Crippen MR) is 64.6 cm³/mol. The zero-order valence-electron chi connectivity index (χ0n) is 10.6. The van der Waals surface area contributed by atoms with Crippen LogP contribution < -0.4 is 0 Å². The van der Waals surface area contributed by atoms with Crippen LogP contribution in [0.15, 0.2) is 0 Å². The zero-order valence-corrected chi connectivity index (χ0v) is 11.5. The van der Waals surface area contributed by atoms with Gasteiger partial charge in [0.1, 0.15) is 0 Å². The smallest absolute Gasteiger partial charge is 0.181 e. The minimum atomic E-state index is -2.90. The third-order valence-corrected chi connectivity index (χ3v) is 7.05. The van der Waals surface area contributed by atoms with E-state index >= 15 is 0 Å². The van der Waals surface area contributed by atoms with Gasteiger partial charge in [-0.15, -0.1) is 4.48 Å². The number of ether oxygens (including phenoxy) is 1. The van der Waals surface area contributed by atoms with E-state index in [0.29, 0.717) is 18.1 Å². The molecule has 1 unspecified atom stereocenters. The highest BCUT2D eigenvalue weighted by Gasteiger charge is 2.39. The first-order valence-electron chi connectivity index (χ1n) is 6.00. The minimum absolute atomic E-state index is 0.139. The van der Waals surface area contributed by atoms with Crippen molar-refractivity contribution in [2.45, 2.75) is 45.4 Å². The molecule has 0 spiro atoms. The maximum Gasteiger partial charge on any atom is 0.181 e. The van der Waals surface area contributed by atoms with Crippen LogP contribution in [-0.4, -0.2) is 36.0 Å². The highest BCUT2D eigenvalue weighted by Crippen LogP contribution is 2.58. The molecule has 0 radical (unpaired) electrons. The van der Waals surface area contributed by atoms with Gasteiger partial charge in [-0.25, -0.2) is 0 Å². The molecule has 1 aliphatic heterocycles. The highest BCUT2D eigenvalue weighted by molar-refractivity contribution is 7.62. The van der Waals surface area contributed by atoms with Crippen LogP contribution in [-0.2, 0) is 9.30 Å². The van der Waals surface area contributed by atoms with Crippen LogP contribution in [0.3, 0.4) is 0 Å². The Morgan fingerprint density at radius 3 is 2.31 bits per heavy atom. The van der Waals surface area contributed by atoms with Crippen molar-refractivity contribution in [3.8, 4) is 0 Å². The van der Waals surface area contributed by atoms with Crippen molar-refractivity contribution in [3.05, 3.63) is 0 Å². The molecule has 1 heterocycles. The lowest BCUT2D eigenvalue weighted by Gasteiger charge is -2.31. The summed E-state index contributed by atoms with van der Waals surface area (Å²) >= 11 is 0. The van der Waals surface area contributed by atoms with E-state index in [1.165, 1.54) is 0 Å². The summed E-state index contributed by atoms with van der Waals surface area (Å²) in [6.07, 6.45) is 0.872. The molecule has 0 N–H and O–H groups in total. The van der Waals surface area contributed by atoms with Crippen LogP contribution in [0.5, 0.6) is 0 Å². The Balaban J connectivity index is 2.67. The molecule has 1 rings (SSSR count). The number of rotatable bonds is 5. The molecule has 1 fully saturated rings. The van der Waals surface area contributed by atoms with Crippen LogP contribution in [0.4, 0.5) is 4.48 Å². The first-order chi connectivity index (χ1) is 7.39. The van der Waals surface area contributed by atoms with E-state index in [4.69, 9.17) is 4.74 Å². The van der Waals surface area contributed by atoms with E-state index in [1.54, 1.807) is 0 Å². The van der Waals surface area contributed by atoms with Crippen molar-refractivity contribution in [1.82, 2.24) is 4.89 Å². The average molecular weight is 251 g/mol. The predicted octanol–water partition coefficient (Wildman–Crippen LogP) is 3.30. The van der Waals surface area contributed by atoms with Gasteiger partial charge < -0.3 is 9.30 Å². The van der Waals surface area contributed by atoms with Crippen molar-refractivity contribution in [1.29, 1.82) is 0 Å². The van der Waals surface area contributed by atoms with Crippen LogP contribution in [0.2, 0.25) is 0 Å². The van der Waals surface area contributed by atoms with Crippen molar-refractivity contribution < 1.29 is 13.8 Å². The number of hydrogen-bond donors (Lipinski definition) is 0. The summed E-state index contributed by atoms with van der Waals surface area (Å²) in [7, 11) is -2.90. The molecule has 1 aliphatic rings. The van der Waals surface area contributed by atoms with E-state index in [9.17, 15) is 9.05 Å². The van der Waals surface area contributed by atoms with Gasteiger partial charge >= 0.3 is 0 Å². The van der Waals surface area contributed by atoms with Crippen molar-refractivity contribution >= 4 is 7.29 Å². The Labute approximate surface area is 97.7 Å². The summed E-state index contributed by atoms with van der Waals surface area (Å²) < 4.78 is 31.9. The Morgan fingerprint density at radius 1 is 1.38 bits per heavy atom. The van der Waals surface area contributed by atoms with E-state index < -0.39 is 7.29 Å². The van der Waals surface area contributed by atoms with Crippen LogP contribution in [0.25, 0.3) is 0 Å². The van der Waals surface area contributed by atoms with Crippen LogP contribution in [0.1, 0.15) is 34.1 Å². The van der Waals surface area contributed by atoms with Crippen molar-refractivity contribution in [3.63, 3.8) is 0 Å². The summed E-state index contributed by atoms with van der Waals surface area (Å²) in [4.78, 5) is 0.613. The normalized spacial score (nSPS) is 22.6. The summed E-state index contributed by atoms with van der Waals surface area (Å²) in [5.74, 6) is 0.191. The fraction of sp³-hybridized carbons (Fsp3) is 1.00. The Hall–Kier alpha value is 0.0800. The van der Waals surface area contributed by atoms with E-state index in [1.807, 2.05) is 27.7 Å².